The molecule has 4 heterocycles. The number of likely N-dealkylation sites (tertiary alicyclic amines) is 1. The second kappa shape index (κ2) is 11.1. The number of nitrogens with one attached hydrogen (secondary N) is 3. The Morgan fingerprint density at radius 3 is 2.62 bits per heavy atom. The molecule has 0 radical (unpaired) electrons. The quantitative estimate of drug-likeness (QED) is 0.147. The van der Waals surface area contributed by atoms with Gasteiger partial charge in [0.25, 0.3) is 5.91 Å². The second-order valence-electron chi connectivity index (χ2n) is 10.5. The number of nitrogen functional groups attached to an aromatic ring is 1. The maximum Gasteiger partial charge on any atom is 0.251 e. The molecule has 4 aromatic rings. The van der Waals surface area contributed by atoms with Crippen LogP contribution in [0, 0.1) is 5.41 Å². The Hall–Kier alpha value is -4.39. The lowest BCUT2D eigenvalue weighted by atomic mass is 10.1. The third-order valence-corrected chi connectivity index (χ3v) is 8.74. The Morgan fingerprint density at radius 2 is 1.86 bits per heavy atom. The largest absolute Gasteiger partial charge is 0.384 e. The first-order valence-corrected chi connectivity index (χ1v) is 14.5. The van der Waals surface area contributed by atoms with E-state index in [9.17, 15) is 14.4 Å². The molecule has 2 aromatic heterocycles. The van der Waals surface area contributed by atoms with Crippen molar-refractivity contribution in [1.29, 1.82) is 5.41 Å². The normalized spacial score (nSPS) is 18.4. The molecule has 2 atom stereocenters. The number of carbonyl (C=O) groups excluding carboxylic acids is 3. The number of fused-ring (bicyclic) bond motifs is 2. The maximum atomic E-state index is 13.4. The predicted molar refractivity (Wildman–Crippen MR) is 158 cm³/mol. The zero-order valence-corrected chi connectivity index (χ0v) is 23.7. The molecular formula is C30H30N6O5S. The summed E-state index contributed by atoms with van der Waals surface area (Å²) in [6.45, 7) is 2.35. The molecular weight excluding hydrogens is 556 g/mol. The summed E-state index contributed by atoms with van der Waals surface area (Å²) >= 11 is 1.39. The number of rotatable bonds is 7. The van der Waals surface area contributed by atoms with Gasteiger partial charge >= 0.3 is 0 Å². The van der Waals surface area contributed by atoms with Crippen molar-refractivity contribution in [2.24, 2.45) is 5.73 Å². The van der Waals surface area contributed by atoms with Gasteiger partial charge in [0.2, 0.25) is 11.8 Å². The van der Waals surface area contributed by atoms with Crippen LogP contribution in [0.1, 0.15) is 40.2 Å². The van der Waals surface area contributed by atoms with Crippen molar-refractivity contribution >= 4 is 56.7 Å². The molecule has 0 bridgehead atoms. The summed E-state index contributed by atoms with van der Waals surface area (Å²) in [5.41, 5.74) is 8.05. The van der Waals surface area contributed by atoms with E-state index in [1.54, 1.807) is 23.6 Å². The highest BCUT2D eigenvalue weighted by Gasteiger charge is 2.52. The molecule has 42 heavy (non-hydrogen) atoms. The summed E-state index contributed by atoms with van der Waals surface area (Å²) in [7, 11) is 0. The minimum Gasteiger partial charge on any atom is -0.384 e. The van der Waals surface area contributed by atoms with Crippen molar-refractivity contribution in [1.82, 2.24) is 20.5 Å². The summed E-state index contributed by atoms with van der Waals surface area (Å²) in [4.78, 5) is 46.8. The van der Waals surface area contributed by atoms with Gasteiger partial charge in [0.15, 0.2) is 5.79 Å². The average molecular weight is 587 g/mol. The predicted octanol–water partition coefficient (Wildman–Crippen LogP) is 2.68. The lowest BCUT2D eigenvalue weighted by Crippen LogP contribution is -2.49. The number of nitrogens with zero attached hydrogens (tertiary/aromatic N) is 2. The van der Waals surface area contributed by atoms with Crippen molar-refractivity contribution in [3.63, 3.8) is 0 Å². The highest BCUT2D eigenvalue weighted by atomic mass is 32.1. The zero-order valence-electron chi connectivity index (χ0n) is 22.9. The van der Waals surface area contributed by atoms with Crippen LogP contribution in [0.25, 0.3) is 21.8 Å². The van der Waals surface area contributed by atoms with Crippen molar-refractivity contribution in [2.75, 3.05) is 26.3 Å². The van der Waals surface area contributed by atoms with Crippen molar-refractivity contribution in [3.8, 4) is 0 Å². The molecule has 1 unspecified atom stereocenters. The van der Waals surface area contributed by atoms with E-state index in [4.69, 9.17) is 20.6 Å². The Balaban J connectivity index is 1.14. The van der Waals surface area contributed by atoms with Gasteiger partial charge in [0, 0.05) is 38.6 Å². The number of para-hydroxylation sites is 1. The standard InChI is InChI=1S/C30H30N6O5S/c1-17(25-12-21(15-42-25)27(31)32)34-29(39)24-13-30(40-8-9-41-30)16-36(24)26(37)14-33-28(38)20-7-6-19-10-18-4-2-3-5-22(18)35-23(19)11-20/h2-7,10-12,15,17,24H,8-9,13-14,16H2,1H3,(H3,31,32)(H,33,38)(H,34,39)/t17-,24?/m1/s1. The number of pyridine rings is 1. The van der Waals surface area contributed by atoms with Crippen molar-refractivity contribution in [3.05, 3.63) is 76.0 Å². The van der Waals surface area contributed by atoms with Crippen LogP contribution in [-0.2, 0) is 19.1 Å². The fourth-order valence-corrected chi connectivity index (χ4v) is 6.33. The highest BCUT2D eigenvalue weighted by Crippen LogP contribution is 2.35. The van der Waals surface area contributed by atoms with Gasteiger partial charge in [-0.3, -0.25) is 19.8 Å². The Bertz CT molecular complexity index is 1710. The monoisotopic (exact) mass is 586 g/mol. The summed E-state index contributed by atoms with van der Waals surface area (Å²) in [5.74, 6) is -2.30. The van der Waals surface area contributed by atoms with Crippen LogP contribution >= 0.6 is 11.3 Å². The lowest BCUT2D eigenvalue weighted by molar-refractivity contribution is -0.152. The summed E-state index contributed by atoms with van der Waals surface area (Å²) in [6.07, 6.45) is 0.179. The fourth-order valence-electron chi connectivity index (χ4n) is 5.42. The lowest BCUT2D eigenvalue weighted by Gasteiger charge is -2.25. The van der Waals surface area contributed by atoms with Gasteiger partial charge in [0.05, 0.1) is 43.4 Å². The van der Waals surface area contributed by atoms with Crippen LogP contribution in [0.5, 0.6) is 0 Å². The van der Waals surface area contributed by atoms with Gasteiger partial charge in [-0.25, -0.2) is 4.98 Å². The number of carbonyl (C=O) groups is 3. The van der Waals surface area contributed by atoms with Gasteiger partial charge < -0.3 is 30.7 Å². The van der Waals surface area contributed by atoms with Crippen LogP contribution in [0.4, 0.5) is 0 Å². The number of benzene rings is 2. The molecule has 11 nitrogen and oxygen atoms in total. The van der Waals surface area contributed by atoms with E-state index in [1.165, 1.54) is 16.2 Å². The molecule has 2 aliphatic heterocycles. The first kappa shape index (κ1) is 27.8. The third-order valence-electron chi connectivity index (χ3n) is 7.63. The summed E-state index contributed by atoms with van der Waals surface area (Å²) in [6, 6.07) is 15.6. The molecule has 1 spiro atoms. The number of ether oxygens (including phenoxy) is 2. The van der Waals surface area contributed by atoms with Gasteiger partial charge in [0.1, 0.15) is 11.9 Å². The first-order valence-electron chi connectivity index (χ1n) is 13.6. The molecule has 2 aromatic carbocycles. The zero-order chi connectivity index (χ0) is 29.4. The van der Waals surface area contributed by atoms with E-state index in [-0.39, 0.29) is 37.3 Å². The number of thiophene rings is 1. The van der Waals surface area contributed by atoms with E-state index in [2.05, 4.69) is 15.6 Å². The highest BCUT2D eigenvalue weighted by molar-refractivity contribution is 7.10. The molecule has 2 saturated heterocycles. The SMILES string of the molecule is C[C@@H](NC(=O)C1CC2(CN1C(=O)CNC(=O)c1ccc3cc4ccccc4nc3c1)OCCO2)c1cc(C(=N)N)cs1. The molecule has 3 amide bonds. The second-order valence-corrected chi connectivity index (χ2v) is 11.4. The third kappa shape index (κ3) is 5.43. The fraction of sp³-hybridized carbons (Fsp3) is 0.300. The van der Waals surface area contributed by atoms with Gasteiger partial charge in [-0.05, 0) is 37.3 Å². The van der Waals surface area contributed by atoms with Crippen LogP contribution in [0.15, 0.2) is 60.0 Å². The first-order chi connectivity index (χ1) is 20.2. The molecule has 6 rings (SSSR count). The molecule has 5 N–H and O–H groups in total. The average Bonchev–Trinajstić information content (AvgIpc) is 3.75. The van der Waals surface area contributed by atoms with Gasteiger partial charge in [-0.2, -0.15) is 0 Å². The van der Waals surface area contributed by atoms with Crippen LogP contribution < -0.4 is 16.4 Å². The van der Waals surface area contributed by atoms with Gasteiger partial charge in [-0.15, -0.1) is 11.3 Å². The smallest absolute Gasteiger partial charge is 0.251 e. The van der Waals surface area contributed by atoms with Gasteiger partial charge in [-0.1, -0.05) is 24.3 Å². The molecule has 2 fully saturated rings. The minimum atomic E-state index is -1.05. The van der Waals surface area contributed by atoms with E-state index < -0.39 is 23.6 Å². The van der Waals surface area contributed by atoms with Crippen molar-refractivity contribution < 1.29 is 23.9 Å². The molecule has 2 aliphatic rings. The number of hydrogen-bond donors (Lipinski definition) is 4. The number of nitrogens with two attached hydrogens (primary N) is 1. The van der Waals surface area contributed by atoms with E-state index in [0.29, 0.717) is 29.9 Å². The number of amidine groups is 1. The van der Waals surface area contributed by atoms with Crippen LogP contribution in [0.2, 0.25) is 0 Å². The topological polar surface area (TPSA) is 160 Å². The van der Waals surface area contributed by atoms with Crippen LogP contribution in [-0.4, -0.2) is 71.6 Å². The molecule has 12 heteroatoms. The van der Waals surface area contributed by atoms with E-state index in [1.807, 2.05) is 43.3 Å². The number of amides is 3. The van der Waals surface area contributed by atoms with E-state index in [0.717, 1.165) is 21.2 Å². The number of aromatic nitrogens is 1. The maximum absolute atomic E-state index is 13.4. The molecule has 0 saturated carbocycles. The Kier molecular flexibility index (Phi) is 7.35. The minimum absolute atomic E-state index is 0.0449. The molecule has 216 valence electrons. The Morgan fingerprint density at radius 1 is 1.10 bits per heavy atom. The van der Waals surface area contributed by atoms with E-state index >= 15 is 0 Å². The Labute approximate surface area is 245 Å². The summed E-state index contributed by atoms with van der Waals surface area (Å²) in [5, 5.41) is 16.9. The number of hydrogen-bond acceptors (Lipinski definition) is 8. The summed E-state index contributed by atoms with van der Waals surface area (Å²) < 4.78 is 11.6. The van der Waals surface area contributed by atoms with Crippen molar-refractivity contribution in [2.45, 2.75) is 31.2 Å². The van der Waals surface area contributed by atoms with Crippen LogP contribution in [0.3, 0.4) is 0 Å². The molecule has 0 aliphatic carbocycles.